The first-order chi connectivity index (χ1) is 15.5. The Bertz CT molecular complexity index is 1160. The van der Waals surface area contributed by atoms with Crippen LogP contribution < -0.4 is 5.32 Å². The normalized spacial score (nSPS) is 17.9. The van der Waals surface area contributed by atoms with Crippen LogP contribution in [0.3, 0.4) is 0 Å². The smallest absolute Gasteiger partial charge is 0.338 e. The fraction of sp³-hybridized carbons (Fsp3) is 0.240. The molecule has 0 spiro atoms. The molecule has 4 rings (SSSR count). The summed E-state index contributed by atoms with van der Waals surface area (Å²) in [6, 6.07) is 19.3. The Hall–Kier alpha value is -3.32. The molecule has 0 unspecified atom stereocenters. The van der Waals surface area contributed by atoms with E-state index in [-0.39, 0.29) is 17.1 Å². The molecule has 0 aliphatic carbocycles. The summed E-state index contributed by atoms with van der Waals surface area (Å²) in [7, 11) is 0. The van der Waals surface area contributed by atoms with Crippen LogP contribution in [-0.2, 0) is 9.53 Å². The Labute approximate surface area is 192 Å². The number of amides is 2. The minimum atomic E-state index is -0.624. The van der Waals surface area contributed by atoms with E-state index in [0.29, 0.717) is 36.4 Å². The molecule has 7 heteroatoms. The number of hydrogen-bond donors (Lipinski definition) is 2. The Kier molecular flexibility index (Phi) is 6.46. The number of nitrogens with one attached hydrogen (secondary N) is 1. The fourth-order valence-corrected chi connectivity index (χ4v) is 4.28. The fourth-order valence-electron chi connectivity index (χ4n) is 3.90. The predicted octanol–water partition coefficient (Wildman–Crippen LogP) is 4.17. The number of carbonyl (C=O) groups is 3. The Morgan fingerprint density at radius 1 is 1.00 bits per heavy atom. The number of ether oxygens (including phenoxy) is 1. The molecule has 0 bridgehead atoms. The molecule has 1 fully saturated rings. The van der Waals surface area contributed by atoms with Gasteiger partial charge in [0.1, 0.15) is 6.04 Å². The van der Waals surface area contributed by atoms with Crippen LogP contribution in [0.4, 0.5) is 5.69 Å². The number of likely N-dealkylation sites (tertiary alicyclic amines) is 1. The summed E-state index contributed by atoms with van der Waals surface area (Å²) >= 11 is 4.53. The topological polar surface area (TPSA) is 75.7 Å². The number of rotatable bonds is 5. The first-order valence-corrected chi connectivity index (χ1v) is 11.0. The lowest BCUT2D eigenvalue weighted by Gasteiger charge is -2.24. The number of fused-ring (bicyclic) bond motifs is 1. The zero-order valence-corrected chi connectivity index (χ0v) is 18.5. The van der Waals surface area contributed by atoms with Gasteiger partial charge in [-0.2, -0.15) is 12.6 Å². The molecule has 1 aliphatic rings. The van der Waals surface area contributed by atoms with E-state index in [9.17, 15) is 14.4 Å². The van der Waals surface area contributed by atoms with E-state index in [0.717, 1.165) is 10.8 Å². The number of carbonyl (C=O) groups excluding carboxylic acids is 3. The second kappa shape index (κ2) is 9.44. The zero-order valence-electron chi connectivity index (χ0n) is 17.7. The quantitative estimate of drug-likeness (QED) is 0.454. The van der Waals surface area contributed by atoms with Crippen molar-refractivity contribution in [1.29, 1.82) is 0 Å². The number of benzene rings is 3. The Morgan fingerprint density at radius 2 is 1.69 bits per heavy atom. The molecule has 0 saturated carbocycles. The average molecular weight is 449 g/mol. The van der Waals surface area contributed by atoms with Gasteiger partial charge in [0, 0.05) is 23.0 Å². The van der Waals surface area contributed by atoms with E-state index >= 15 is 0 Å². The largest absolute Gasteiger partial charge is 0.462 e. The van der Waals surface area contributed by atoms with E-state index in [4.69, 9.17) is 4.74 Å². The van der Waals surface area contributed by atoms with Crippen molar-refractivity contribution in [3.8, 4) is 0 Å². The second-order valence-electron chi connectivity index (χ2n) is 7.71. The number of anilines is 1. The monoisotopic (exact) mass is 448 g/mol. The number of thiol groups is 1. The molecular weight excluding hydrogens is 424 g/mol. The molecule has 2 atom stereocenters. The van der Waals surface area contributed by atoms with Gasteiger partial charge < -0.3 is 15.0 Å². The number of nitrogens with zero attached hydrogens (tertiary/aromatic N) is 1. The molecule has 0 radical (unpaired) electrons. The minimum absolute atomic E-state index is 0.0821. The molecule has 6 nitrogen and oxygen atoms in total. The van der Waals surface area contributed by atoms with Crippen molar-refractivity contribution in [2.24, 2.45) is 0 Å². The first-order valence-electron chi connectivity index (χ1n) is 10.5. The van der Waals surface area contributed by atoms with E-state index in [1.807, 2.05) is 36.4 Å². The standard InChI is InChI=1S/C25H24N2O4S/c1-2-31-25(30)17-9-11-20(12-10-17)26-23(28)22-14-21(32)15-27(22)24(29)19-8-7-16-5-3-4-6-18(16)13-19/h3-13,21-22,32H,2,14-15H2,1H3,(H,26,28)/t21-,22-/m0/s1. The highest BCUT2D eigenvalue weighted by molar-refractivity contribution is 7.81. The third-order valence-corrected chi connectivity index (χ3v) is 5.88. The van der Waals surface area contributed by atoms with Gasteiger partial charge in [-0.15, -0.1) is 0 Å². The highest BCUT2D eigenvalue weighted by Crippen LogP contribution is 2.26. The van der Waals surface area contributed by atoms with Gasteiger partial charge in [0.15, 0.2) is 0 Å². The molecule has 1 saturated heterocycles. The summed E-state index contributed by atoms with van der Waals surface area (Å²) in [5, 5.41) is 4.80. The Morgan fingerprint density at radius 3 is 2.41 bits per heavy atom. The SMILES string of the molecule is CCOC(=O)c1ccc(NC(=O)[C@@H]2C[C@H](S)CN2C(=O)c2ccc3ccccc3c2)cc1. The van der Waals surface area contributed by atoms with Crippen molar-refractivity contribution in [1.82, 2.24) is 4.90 Å². The summed E-state index contributed by atoms with van der Waals surface area (Å²) < 4.78 is 4.97. The third-order valence-electron chi connectivity index (χ3n) is 5.50. The van der Waals surface area contributed by atoms with Crippen LogP contribution in [0.15, 0.2) is 66.7 Å². The van der Waals surface area contributed by atoms with Crippen molar-refractivity contribution in [2.45, 2.75) is 24.6 Å². The Balaban J connectivity index is 1.49. The molecule has 3 aromatic rings. The third kappa shape index (κ3) is 4.62. The maximum absolute atomic E-state index is 13.2. The molecule has 32 heavy (non-hydrogen) atoms. The van der Waals surface area contributed by atoms with Crippen molar-refractivity contribution in [2.75, 3.05) is 18.5 Å². The van der Waals surface area contributed by atoms with Crippen molar-refractivity contribution in [3.05, 3.63) is 77.9 Å². The molecule has 0 aromatic heterocycles. The minimum Gasteiger partial charge on any atom is -0.462 e. The summed E-state index contributed by atoms with van der Waals surface area (Å²) in [6.45, 7) is 2.44. The summed E-state index contributed by atoms with van der Waals surface area (Å²) in [4.78, 5) is 39.6. The predicted molar refractivity (Wildman–Crippen MR) is 127 cm³/mol. The van der Waals surface area contributed by atoms with Gasteiger partial charge >= 0.3 is 5.97 Å². The molecule has 3 aromatic carbocycles. The number of hydrogen-bond acceptors (Lipinski definition) is 5. The van der Waals surface area contributed by atoms with Gasteiger partial charge in [0.2, 0.25) is 5.91 Å². The van der Waals surface area contributed by atoms with E-state index in [1.54, 1.807) is 42.2 Å². The highest BCUT2D eigenvalue weighted by Gasteiger charge is 2.38. The molecule has 2 amide bonds. The lowest BCUT2D eigenvalue weighted by atomic mass is 10.1. The van der Waals surface area contributed by atoms with E-state index in [2.05, 4.69) is 17.9 Å². The van der Waals surface area contributed by atoms with Crippen LogP contribution >= 0.6 is 12.6 Å². The average Bonchev–Trinajstić information content (AvgIpc) is 3.20. The van der Waals surface area contributed by atoms with E-state index < -0.39 is 12.0 Å². The lowest BCUT2D eigenvalue weighted by Crippen LogP contribution is -2.43. The molecule has 164 valence electrons. The molecule has 1 heterocycles. The van der Waals surface area contributed by atoms with Crippen LogP contribution in [0.1, 0.15) is 34.1 Å². The summed E-state index contributed by atoms with van der Waals surface area (Å²) in [6.07, 6.45) is 0.467. The summed E-state index contributed by atoms with van der Waals surface area (Å²) in [5.74, 6) is -0.879. The van der Waals surface area contributed by atoms with Crippen molar-refractivity contribution >= 4 is 46.9 Å². The first kappa shape index (κ1) is 21.9. The van der Waals surface area contributed by atoms with Gasteiger partial charge in [-0.1, -0.05) is 30.3 Å². The van der Waals surface area contributed by atoms with Gasteiger partial charge in [-0.25, -0.2) is 4.79 Å². The van der Waals surface area contributed by atoms with Gasteiger partial charge in [-0.3, -0.25) is 9.59 Å². The van der Waals surface area contributed by atoms with Crippen LogP contribution in [-0.4, -0.2) is 47.1 Å². The number of esters is 1. The highest BCUT2D eigenvalue weighted by atomic mass is 32.1. The molecular formula is C25H24N2O4S. The molecule has 1 N–H and O–H groups in total. The summed E-state index contributed by atoms with van der Waals surface area (Å²) in [5.41, 5.74) is 1.50. The van der Waals surface area contributed by atoms with Gasteiger partial charge in [0.05, 0.1) is 12.2 Å². The van der Waals surface area contributed by atoms with Gasteiger partial charge in [-0.05, 0) is 60.5 Å². The van der Waals surface area contributed by atoms with Crippen LogP contribution in [0.5, 0.6) is 0 Å². The van der Waals surface area contributed by atoms with E-state index in [1.165, 1.54) is 0 Å². The second-order valence-corrected chi connectivity index (χ2v) is 8.44. The maximum atomic E-state index is 13.2. The zero-order chi connectivity index (χ0) is 22.7. The molecule has 1 aliphatic heterocycles. The van der Waals surface area contributed by atoms with Gasteiger partial charge in [0.25, 0.3) is 5.91 Å². The van der Waals surface area contributed by atoms with Crippen LogP contribution in [0, 0.1) is 0 Å². The van der Waals surface area contributed by atoms with Crippen molar-refractivity contribution < 1.29 is 19.1 Å². The maximum Gasteiger partial charge on any atom is 0.338 e. The van der Waals surface area contributed by atoms with Crippen molar-refractivity contribution in [3.63, 3.8) is 0 Å². The van der Waals surface area contributed by atoms with Crippen LogP contribution in [0.25, 0.3) is 10.8 Å². The lowest BCUT2D eigenvalue weighted by molar-refractivity contribution is -0.119. The van der Waals surface area contributed by atoms with Crippen LogP contribution in [0.2, 0.25) is 0 Å².